The van der Waals surface area contributed by atoms with Gasteiger partial charge in [0.15, 0.2) is 0 Å². The van der Waals surface area contributed by atoms with Crippen molar-refractivity contribution in [2.45, 2.75) is 13.5 Å². The Bertz CT molecular complexity index is 622. The van der Waals surface area contributed by atoms with Crippen molar-refractivity contribution in [1.82, 2.24) is 15.0 Å². The van der Waals surface area contributed by atoms with Crippen LogP contribution in [-0.4, -0.2) is 33.1 Å². The predicted octanol–water partition coefficient (Wildman–Crippen LogP) is 1.98. The molecule has 2 rings (SSSR count). The van der Waals surface area contributed by atoms with E-state index in [-0.39, 0.29) is 0 Å². The third-order valence-electron chi connectivity index (χ3n) is 2.64. The molecular weight excluding hydrogens is 276 g/mol. The van der Waals surface area contributed by atoms with Crippen LogP contribution >= 0.6 is 11.3 Å². The molecule has 0 unspecified atom stereocenters. The highest BCUT2D eigenvalue weighted by molar-refractivity contribution is 7.09. The van der Waals surface area contributed by atoms with Gasteiger partial charge in [0.05, 0.1) is 17.7 Å². The summed E-state index contributed by atoms with van der Waals surface area (Å²) in [6, 6.07) is 0. The van der Waals surface area contributed by atoms with Crippen molar-refractivity contribution in [3.8, 4) is 0 Å². The number of aliphatic carboxylic acids is 1. The molecule has 2 aromatic heterocycles. The van der Waals surface area contributed by atoms with Crippen molar-refractivity contribution in [2.24, 2.45) is 0 Å². The van der Waals surface area contributed by atoms with E-state index < -0.39 is 5.97 Å². The summed E-state index contributed by atoms with van der Waals surface area (Å²) in [6.07, 6.45) is 5.71. The molecule has 0 aliphatic heterocycles. The minimum atomic E-state index is -0.994. The number of anilines is 1. The van der Waals surface area contributed by atoms with E-state index in [1.165, 1.54) is 11.0 Å². The molecule has 0 radical (unpaired) electrons. The van der Waals surface area contributed by atoms with E-state index in [0.29, 0.717) is 18.1 Å². The number of carboxylic acids is 1. The molecule has 104 valence electrons. The molecule has 6 nitrogen and oxygen atoms in total. The lowest BCUT2D eigenvalue weighted by atomic mass is 10.3. The number of rotatable bonds is 5. The number of carbonyl (C=O) groups is 1. The smallest absolute Gasteiger partial charge is 0.328 e. The average Bonchev–Trinajstić information content (AvgIpc) is 2.82. The van der Waals surface area contributed by atoms with Gasteiger partial charge in [-0.1, -0.05) is 0 Å². The third kappa shape index (κ3) is 3.61. The number of carboxylic acid groups (broad SMARTS) is 1. The van der Waals surface area contributed by atoms with E-state index in [9.17, 15) is 4.79 Å². The van der Waals surface area contributed by atoms with Gasteiger partial charge in [-0.25, -0.2) is 19.7 Å². The molecule has 7 heteroatoms. The lowest BCUT2D eigenvalue weighted by Crippen LogP contribution is -2.18. The van der Waals surface area contributed by atoms with Gasteiger partial charge in [-0.2, -0.15) is 0 Å². The first-order chi connectivity index (χ1) is 9.56. The molecule has 20 heavy (non-hydrogen) atoms. The molecule has 2 heterocycles. The number of aromatic nitrogens is 3. The second-order valence-corrected chi connectivity index (χ2v) is 5.14. The number of nitrogens with zero attached hydrogens (tertiary/aromatic N) is 4. The van der Waals surface area contributed by atoms with Crippen LogP contribution in [-0.2, 0) is 11.3 Å². The van der Waals surface area contributed by atoms with Crippen LogP contribution in [0.4, 0.5) is 5.95 Å². The topological polar surface area (TPSA) is 79.2 Å². The van der Waals surface area contributed by atoms with Gasteiger partial charge in [-0.15, -0.1) is 11.3 Å². The van der Waals surface area contributed by atoms with Crippen molar-refractivity contribution in [2.75, 3.05) is 11.9 Å². The standard InChI is InChI=1S/C13H14N4O2S/c1-9-11(20-8-16-9)7-17(2)13-14-5-10(6-15-13)3-4-12(18)19/h3-6,8H,7H2,1-2H3,(H,18,19)/b4-3+. The van der Waals surface area contributed by atoms with E-state index in [1.54, 1.807) is 23.7 Å². The molecule has 0 saturated heterocycles. The van der Waals surface area contributed by atoms with Crippen LogP contribution in [0.2, 0.25) is 0 Å². The summed E-state index contributed by atoms with van der Waals surface area (Å²) >= 11 is 1.60. The summed E-state index contributed by atoms with van der Waals surface area (Å²) in [5.74, 6) is -0.405. The fourth-order valence-corrected chi connectivity index (χ4v) is 2.38. The van der Waals surface area contributed by atoms with Gasteiger partial charge >= 0.3 is 5.97 Å². The molecule has 0 fully saturated rings. The first kappa shape index (κ1) is 14.1. The van der Waals surface area contributed by atoms with Crippen LogP contribution < -0.4 is 4.90 Å². The number of thiazole rings is 1. The second-order valence-electron chi connectivity index (χ2n) is 4.20. The molecule has 1 N–H and O–H groups in total. The summed E-state index contributed by atoms with van der Waals surface area (Å²) in [7, 11) is 1.90. The SMILES string of the molecule is Cc1ncsc1CN(C)c1ncc(/C=C/C(=O)O)cn1. The van der Waals surface area contributed by atoms with Gasteiger partial charge in [0.25, 0.3) is 0 Å². The van der Waals surface area contributed by atoms with Crippen molar-refractivity contribution >= 4 is 29.3 Å². The van der Waals surface area contributed by atoms with E-state index in [1.807, 2.05) is 24.4 Å². The lowest BCUT2D eigenvalue weighted by molar-refractivity contribution is -0.131. The number of aryl methyl sites for hydroxylation is 1. The zero-order valence-electron chi connectivity index (χ0n) is 11.1. The first-order valence-corrected chi connectivity index (χ1v) is 6.77. The summed E-state index contributed by atoms with van der Waals surface area (Å²) < 4.78 is 0. The summed E-state index contributed by atoms with van der Waals surface area (Å²) in [5.41, 5.74) is 3.49. The Labute approximate surface area is 120 Å². The van der Waals surface area contributed by atoms with Crippen LogP contribution in [0.25, 0.3) is 6.08 Å². The third-order valence-corrected chi connectivity index (χ3v) is 3.56. The molecule has 0 atom stereocenters. The highest BCUT2D eigenvalue weighted by Crippen LogP contribution is 2.16. The second kappa shape index (κ2) is 6.25. The predicted molar refractivity (Wildman–Crippen MR) is 77.7 cm³/mol. The van der Waals surface area contributed by atoms with Crippen LogP contribution in [0.5, 0.6) is 0 Å². The van der Waals surface area contributed by atoms with Crippen LogP contribution in [0.15, 0.2) is 24.0 Å². The van der Waals surface area contributed by atoms with Gasteiger partial charge in [0.1, 0.15) is 0 Å². The zero-order valence-corrected chi connectivity index (χ0v) is 12.0. The van der Waals surface area contributed by atoms with Crippen molar-refractivity contribution in [3.63, 3.8) is 0 Å². The Morgan fingerprint density at radius 1 is 1.40 bits per heavy atom. The lowest BCUT2D eigenvalue weighted by Gasteiger charge is -2.15. The maximum Gasteiger partial charge on any atom is 0.328 e. The molecule has 0 spiro atoms. The zero-order chi connectivity index (χ0) is 14.5. The van der Waals surface area contributed by atoms with Gasteiger partial charge in [-0.3, -0.25) is 0 Å². The Morgan fingerprint density at radius 3 is 2.65 bits per heavy atom. The van der Waals surface area contributed by atoms with Crippen LogP contribution in [0.3, 0.4) is 0 Å². The molecule has 0 aliphatic rings. The average molecular weight is 290 g/mol. The van der Waals surface area contributed by atoms with Gasteiger partial charge in [0, 0.05) is 36.0 Å². The van der Waals surface area contributed by atoms with Gasteiger partial charge < -0.3 is 10.0 Å². The Hall–Kier alpha value is -2.28. The molecule has 0 saturated carbocycles. The highest BCUT2D eigenvalue weighted by atomic mass is 32.1. The first-order valence-electron chi connectivity index (χ1n) is 5.89. The highest BCUT2D eigenvalue weighted by Gasteiger charge is 2.08. The van der Waals surface area contributed by atoms with Gasteiger partial charge in [0.2, 0.25) is 5.95 Å². The van der Waals surface area contributed by atoms with Crippen molar-refractivity contribution in [1.29, 1.82) is 0 Å². The largest absolute Gasteiger partial charge is 0.478 e. The summed E-state index contributed by atoms with van der Waals surface area (Å²) in [5, 5.41) is 8.55. The van der Waals surface area contributed by atoms with E-state index in [0.717, 1.165) is 11.8 Å². The molecular formula is C13H14N4O2S. The fourth-order valence-electron chi connectivity index (χ4n) is 1.55. The molecule has 0 bridgehead atoms. The quantitative estimate of drug-likeness (QED) is 0.848. The fraction of sp³-hybridized carbons (Fsp3) is 0.231. The molecule has 0 aromatic carbocycles. The monoisotopic (exact) mass is 290 g/mol. The van der Waals surface area contributed by atoms with Gasteiger partial charge in [-0.05, 0) is 13.0 Å². The van der Waals surface area contributed by atoms with Crippen LogP contribution in [0, 0.1) is 6.92 Å². The Kier molecular flexibility index (Phi) is 4.41. The van der Waals surface area contributed by atoms with Crippen molar-refractivity contribution in [3.05, 3.63) is 40.1 Å². The van der Waals surface area contributed by atoms with E-state index in [4.69, 9.17) is 5.11 Å². The number of hydrogen-bond acceptors (Lipinski definition) is 6. The summed E-state index contributed by atoms with van der Waals surface area (Å²) in [6.45, 7) is 2.67. The van der Waals surface area contributed by atoms with E-state index >= 15 is 0 Å². The molecule has 0 aliphatic carbocycles. The molecule has 2 aromatic rings. The maximum absolute atomic E-state index is 10.4. The van der Waals surface area contributed by atoms with E-state index in [2.05, 4.69) is 15.0 Å². The summed E-state index contributed by atoms with van der Waals surface area (Å²) in [4.78, 5) is 26.2. The number of hydrogen-bond donors (Lipinski definition) is 1. The Balaban J connectivity index is 2.06. The van der Waals surface area contributed by atoms with Crippen LogP contribution in [0.1, 0.15) is 16.1 Å². The minimum absolute atomic E-state index is 0.588. The molecule has 0 amide bonds. The van der Waals surface area contributed by atoms with Crippen molar-refractivity contribution < 1.29 is 9.90 Å². The Morgan fingerprint density at radius 2 is 2.10 bits per heavy atom. The minimum Gasteiger partial charge on any atom is -0.478 e. The normalized spacial score (nSPS) is 10.9. The maximum atomic E-state index is 10.4.